The molecule has 0 aromatic rings. The van der Waals surface area contributed by atoms with Crippen LogP contribution in [0.3, 0.4) is 0 Å². The molecule has 21 heavy (non-hydrogen) atoms. The van der Waals surface area contributed by atoms with Crippen molar-refractivity contribution >= 4 is 18.0 Å². The van der Waals surface area contributed by atoms with Crippen molar-refractivity contribution in [3.8, 4) is 0 Å². The Balaban J connectivity index is 2.95. The van der Waals surface area contributed by atoms with Gasteiger partial charge in [-0.15, -0.1) is 0 Å². The van der Waals surface area contributed by atoms with Gasteiger partial charge in [-0.25, -0.2) is 9.59 Å². The first-order chi connectivity index (χ1) is 9.59. The highest BCUT2D eigenvalue weighted by Gasteiger charge is 2.50. The molecule has 1 fully saturated rings. The molecule has 0 aliphatic heterocycles. The van der Waals surface area contributed by atoms with Gasteiger partial charge in [0.1, 0.15) is 12.1 Å². The fraction of sp³-hybridized carbons (Fsp3) is 0.643. The molecule has 7 nitrogen and oxygen atoms in total. The quantitative estimate of drug-likeness (QED) is 0.612. The molecule has 7 heteroatoms. The molecular formula is C14H21NO6. The van der Waals surface area contributed by atoms with Gasteiger partial charge in [0.05, 0.1) is 12.6 Å². The first-order valence-electron chi connectivity index (χ1n) is 6.59. The Morgan fingerprint density at radius 2 is 1.86 bits per heavy atom. The molecule has 1 N–H and O–H groups in total. The minimum absolute atomic E-state index is 0.282. The van der Waals surface area contributed by atoms with Gasteiger partial charge in [-0.2, -0.15) is 0 Å². The normalized spacial score (nSPS) is 16.4. The molecule has 1 aliphatic rings. The van der Waals surface area contributed by atoms with E-state index >= 15 is 0 Å². The maximum absolute atomic E-state index is 12.3. The number of hydrogen-bond acceptors (Lipinski definition) is 5. The zero-order valence-electron chi connectivity index (χ0n) is 12.7. The smallest absolute Gasteiger partial charge is 0.411 e. The van der Waals surface area contributed by atoms with Crippen molar-refractivity contribution in [1.29, 1.82) is 0 Å². The largest absolute Gasteiger partial charge is 0.478 e. The molecule has 0 unspecified atom stereocenters. The van der Waals surface area contributed by atoms with E-state index in [9.17, 15) is 14.4 Å². The van der Waals surface area contributed by atoms with Crippen molar-refractivity contribution < 1.29 is 29.0 Å². The molecule has 0 spiro atoms. The number of carboxylic acid groups (broad SMARTS) is 1. The molecule has 0 saturated heterocycles. The number of methoxy groups -OCH3 is 1. The van der Waals surface area contributed by atoms with Gasteiger partial charge in [0.25, 0.3) is 0 Å². The lowest BCUT2D eigenvalue weighted by molar-refractivity contribution is -0.142. The number of esters is 1. The van der Waals surface area contributed by atoms with Crippen molar-refractivity contribution in [3.05, 3.63) is 12.2 Å². The minimum atomic E-state index is -1.11. The van der Waals surface area contributed by atoms with Gasteiger partial charge in [-0.3, -0.25) is 9.69 Å². The maximum atomic E-state index is 12.3. The fourth-order valence-corrected chi connectivity index (χ4v) is 1.80. The topological polar surface area (TPSA) is 93.1 Å². The van der Waals surface area contributed by atoms with E-state index < -0.39 is 29.2 Å². The lowest BCUT2D eigenvalue weighted by Gasteiger charge is -2.31. The van der Waals surface area contributed by atoms with E-state index in [0.717, 1.165) is 6.08 Å². The number of ether oxygens (including phenoxy) is 2. The monoisotopic (exact) mass is 299 g/mol. The van der Waals surface area contributed by atoms with Gasteiger partial charge in [-0.05, 0) is 33.6 Å². The Kier molecular flexibility index (Phi) is 4.98. The SMILES string of the molecule is COC(=O)CN(C(=O)OC(C)(C)C)C1(/C=C/C(=O)O)CC1. The van der Waals surface area contributed by atoms with Crippen LogP contribution in [0.4, 0.5) is 4.79 Å². The summed E-state index contributed by atoms with van der Waals surface area (Å²) in [5, 5.41) is 8.73. The highest BCUT2D eigenvalue weighted by atomic mass is 16.6. The van der Waals surface area contributed by atoms with Crippen LogP contribution in [0.1, 0.15) is 33.6 Å². The average molecular weight is 299 g/mol. The Bertz CT molecular complexity index is 459. The molecule has 1 amide bonds. The minimum Gasteiger partial charge on any atom is -0.478 e. The van der Waals surface area contributed by atoms with Gasteiger partial charge >= 0.3 is 18.0 Å². The van der Waals surface area contributed by atoms with Crippen LogP contribution in [0, 0.1) is 0 Å². The second-order valence-electron chi connectivity index (χ2n) is 5.92. The Hall–Kier alpha value is -2.05. The summed E-state index contributed by atoms with van der Waals surface area (Å²) in [6.45, 7) is 4.87. The number of carbonyl (C=O) groups excluding carboxylic acids is 2. The molecule has 0 heterocycles. The van der Waals surface area contributed by atoms with Crippen LogP contribution in [0.5, 0.6) is 0 Å². The molecule has 118 valence electrons. The summed E-state index contributed by atoms with van der Waals surface area (Å²) < 4.78 is 9.86. The first kappa shape index (κ1) is 17.0. The predicted octanol–water partition coefficient (Wildman–Crippen LogP) is 1.57. The summed E-state index contributed by atoms with van der Waals surface area (Å²) in [6.07, 6.45) is 2.88. The third-order valence-corrected chi connectivity index (χ3v) is 2.96. The van der Waals surface area contributed by atoms with Gasteiger partial charge in [0, 0.05) is 6.08 Å². The zero-order valence-corrected chi connectivity index (χ0v) is 12.7. The zero-order chi connectivity index (χ0) is 16.3. The number of carbonyl (C=O) groups is 3. The van der Waals surface area contributed by atoms with Crippen molar-refractivity contribution in [1.82, 2.24) is 4.90 Å². The van der Waals surface area contributed by atoms with Gasteiger partial charge in [0.2, 0.25) is 0 Å². The van der Waals surface area contributed by atoms with Crippen LogP contribution in [-0.2, 0) is 19.1 Å². The van der Waals surface area contributed by atoms with E-state index in [1.54, 1.807) is 20.8 Å². The summed E-state index contributed by atoms with van der Waals surface area (Å²) >= 11 is 0. The van der Waals surface area contributed by atoms with E-state index in [0.29, 0.717) is 12.8 Å². The van der Waals surface area contributed by atoms with Gasteiger partial charge in [0.15, 0.2) is 0 Å². The van der Waals surface area contributed by atoms with E-state index in [2.05, 4.69) is 4.74 Å². The third-order valence-electron chi connectivity index (χ3n) is 2.96. The summed E-state index contributed by atoms with van der Waals surface area (Å²) in [4.78, 5) is 35.6. The number of nitrogens with zero attached hydrogens (tertiary/aromatic N) is 1. The third kappa shape index (κ3) is 5.09. The van der Waals surface area contributed by atoms with E-state index in [1.807, 2.05) is 0 Å². The molecule has 1 rings (SSSR count). The van der Waals surface area contributed by atoms with Gasteiger partial charge in [-0.1, -0.05) is 6.08 Å². The van der Waals surface area contributed by atoms with E-state index in [1.165, 1.54) is 18.1 Å². The number of hydrogen-bond donors (Lipinski definition) is 1. The highest BCUT2D eigenvalue weighted by molar-refractivity contribution is 5.82. The van der Waals surface area contributed by atoms with E-state index in [4.69, 9.17) is 9.84 Å². The van der Waals surface area contributed by atoms with Gasteiger partial charge < -0.3 is 14.6 Å². The lowest BCUT2D eigenvalue weighted by atomic mass is 10.2. The standard InChI is InChI=1S/C14H21NO6/c1-13(2,3)21-12(19)15(9-11(18)20-4)14(7-8-14)6-5-10(16)17/h5-6H,7-9H2,1-4H3,(H,16,17)/b6-5+. The molecule has 0 aromatic heterocycles. The second kappa shape index (κ2) is 6.15. The van der Waals surface area contributed by atoms with Crippen molar-refractivity contribution in [2.24, 2.45) is 0 Å². The summed E-state index contributed by atoms with van der Waals surface area (Å²) in [5.74, 6) is -1.70. The number of carboxylic acids is 1. The molecule has 0 aromatic carbocycles. The molecule has 0 bridgehead atoms. The van der Waals surface area contributed by atoms with Crippen molar-refractivity contribution in [2.45, 2.75) is 44.8 Å². The average Bonchev–Trinajstić information content (AvgIpc) is 3.11. The molecule has 1 saturated carbocycles. The van der Waals surface area contributed by atoms with Crippen LogP contribution in [0.25, 0.3) is 0 Å². The van der Waals surface area contributed by atoms with Crippen LogP contribution in [0.2, 0.25) is 0 Å². The second-order valence-corrected chi connectivity index (χ2v) is 5.92. The first-order valence-corrected chi connectivity index (χ1v) is 6.59. The maximum Gasteiger partial charge on any atom is 0.411 e. The van der Waals surface area contributed by atoms with Crippen LogP contribution < -0.4 is 0 Å². The van der Waals surface area contributed by atoms with Crippen molar-refractivity contribution in [3.63, 3.8) is 0 Å². The van der Waals surface area contributed by atoms with Crippen LogP contribution in [0.15, 0.2) is 12.2 Å². The number of amides is 1. The Morgan fingerprint density at radius 3 is 2.24 bits per heavy atom. The summed E-state index contributed by atoms with van der Waals surface area (Å²) in [7, 11) is 1.22. The van der Waals surface area contributed by atoms with Crippen molar-refractivity contribution in [2.75, 3.05) is 13.7 Å². The lowest BCUT2D eigenvalue weighted by Crippen LogP contribution is -2.47. The Morgan fingerprint density at radius 1 is 1.29 bits per heavy atom. The fourth-order valence-electron chi connectivity index (χ4n) is 1.80. The molecular weight excluding hydrogens is 278 g/mol. The number of aliphatic carboxylic acids is 1. The van der Waals surface area contributed by atoms with Crippen LogP contribution in [-0.4, -0.2) is 52.8 Å². The van der Waals surface area contributed by atoms with E-state index in [-0.39, 0.29) is 6.54 Å². The number of rotatable bonds is 5. The van der Waals surface area contributed by atoms with Crippen LogP contribution >= 0.6 is 0 Å². The Labute approximate surface area is 123 Å². The highest BCUT2D eigenvalue weighted by Crippen LogP contribution is 2.43. The molecule has 0 radical (unpaired) electrons. The molecule has 1 aliphatic carbocycles. The summed E-state index contributed by atoms with van der Waals surface area (Å²) in [6, 6.07) is 0. The molecule has 0 atom stereocenters. The summed E-state index contributed by atoms with van der Waals surface area (Å²) in [5.41, 5.74) is -1.49. The predicted molar refractivity (Wildman–Crippen MR) is 73.7 cm³/mol.